The lowest BCUT2D eigenvalue weighted by molar-refractivity contribution is -0.167. The predicted molar refractivity (Wildman–Crippen MR) is 274 cm³/mol. The van der Waals surface area contributed by atoms with Crippen molar-refractivity contribution < 1.29 is 28.6 Å². The Morgan fingerprint density at radius 2 is 0.609 bits per heavy atom. The first-order chi connectivity index (χ1) is 31.5. The highest BCUT2D eigenvalue weighted by molar-refractivity contribution is 5.71. The van der Waals surface area contributed by atoms with Crippen LogP contribution >= 0.6 is 0 Å². The van der Waals surface area contributed by atoms with Gasteiger partial charge in [-0.2, -0.15) is 0 Å². The van der Waals surface area contributed by atoms with Crippen LogP contribution in [0.5, 0.6) is 0 Å². The standard InChI is InChI=1S/C58H96O6/c1-4-7-10-13-16-18-20-22-23-24-25-26-27-28-29-30-31-32-33-34-35-37-38-40-42-45-48-51-57(60)63-54-55(53-62-56(59)50-47-44-15-12-9-6-3)64-58(61)52-49-46-43-41-39-36-21-19-17-14-11-8-5-2/h7-8,10-11,16-19,22-23,25-26,28-29,36,39,55H,4-6,9,12-15,20-21,24,27,30-35,37-38,40-54H2,1-3H3/b10-7-,11-8-,18-16-,19-17-,23-22-,26-25-,29-28-,39-36-. The number of carbonyl (C=O) groups excluding carboxylic acids is 3. The van der Waals surface area contributed by atoms with Crippen molar-refractivity contribution in [2.45, 2.75) is 239 Å². The second-order valence-electron chi connectivity index (χ2n) is 17.0. The van der Waals surface area contributed by atoms with Gasteiger partial charge in [0.1, 0.15) is 13.2 Å². The summed E-state index contributed by atoms with van der Waals surface area (Å²) in [4.78, 5) is 37.7. The number of esters is 3. The molecule has 0 saturated carbocycles. The third kappa shape index (κ3) is 49.3. The molecule has 0 aliphatic heterocycles. The van der Waals surface area contributed by atoms with Crippen LogP contribution in [0.2, 0.25) is 0 Å². The summed E-state index contributed by atoms with van der Waals surface area (Å²) in [6.07, 6.45) is 68.6. The van der Waals surface area contributed by atoms with Crippen LogP contribution in [0.1, 0.15) is 233 Å². The smallest absolute Gasteiger partial charge is 0.306 e. The molecular weight excluding hydrogens is 793 g/mol. The number of rotatable bonds is 46. The fourth-order valence-electron chi connectivity index (χ4n) is 6.95. The zero-order valence-corrected chi connectivity index (χ0v) is 41.5. The first-order valence-electron chi connectivity index (χ1n) is 26.2. The number of ether oxygens (including phenoxy) is 3. The first kappa shape index (κ1) is 60.3. The molecule has 0 aromatic carbocycles. The maximum atomic E-state index is 12.7. The summed E-state index contributed by atoms with van der Waals surface area (Å²) in [5.41, 5.74) is 0. The average molecular weight is 889 g/mol. The normalized spacial score (nSPS) is 12.9. The molecule has 6 heteroatoms. The van der Waals surface area contributed by atoms with E-state index in [-0.39, 0.29) is 31.1 Å². The Bertz CT molecular complexity index is 1300. The molecule has 0 bridgehead atoms. The van der Waals surface area contributed by atoms with Crippen molar-refractivity contribution in [3.63, 3.8) is 0 Å². The molecule has 1 unspecified atom stereocenters. The minimum Gasteiger partial charge on any atom is -0.462 e. The second-order valence-corrected chi connectivity index (χ2v) is 17.0. The Hall–Kier alpha value is -3.67. The number of allylic oxidation sites excluding steroid dienone is 16. The summed E-state index contributed by atoms with van der Waals surface area (Å²) >= 11 is 0. The van der Waals surface area contributed by atoms with Crippen molar-refractivity contribution in [2.24, 2.45) is 0 Å². The van der Waals surface area contributed by atoms with Crippen molar-refractivity contribution >= 4 is 17.9 Å². The van der Waals surface area contributed by atoms with E-state index in [1.165, 1.54) is 77.0 Å². The molecule has 0 aliphatic carbocycles. The highest BCUT2D eigenvalue weighted by Crippen LogP contribution is 2.14. The third-order valence-electron chi connectivity index (χ3n) is 10.8. The molecule has 0 aromatic rings. The van der Waals surface area contributed by atoms with E-state index in [9.17, 15) is 14.4 Å². The van der Waals surface area contributed by atoms with Crippen molar-refractivity contribution in [1.29, 1.82) is 0 Å². The molecule has 364 valence electrons. The molecule has 64 heavy (non-hydrogen) atoms. The highest BCUT2D eigenvalue weighted by atomic mass is 16.6. The van der Waals surface area contributed by atoms with Crippen molar-refractivity contribution in [1.82, 2.24) is 0 Å². The van der Waals surface area contributed by atoms with E-state index in [2.05, 4.69) is 118 Å². The van der Waals surface area contributed by atoms with Crippen LogP contribution in [0, 0.1) is 0 Å². The molecule has 0 aromatic heterocycles. The monoisotopic (exact) mass is 889 g/mol. The summed E-state index contributed by atoms with van der Waals surface area (Å²) in [5, 5.41) is 0. The van der Waals surface area contributed by atoms with Crippen LogP contribution < -0.4 is 0 Å². The van der Waals surface area contributed by atoms with Gasteiger partial charge >= 0.3 is 17.9 Å². The molecular formula is C58H96O6. The minimum atomic E-state index is -0.790. The van der Waals surface area contributed by atoms with Crippen LogP contribution in [-0.2, 0) is 28.6 Å². The van der Waals surface area contributed by atoms with Crippen LogP contribution in [0.15, 0.2) is 97.2 Å². The molecule has 0 spiro atoms. The van der Waals surface area contributed by atoms with Crippen molar-refractivity contribution in [2.75, 3.05) is 13.2 Å². The Balaban J connectivity index is 4.14. The van der Waals surface area contributed by atoms with Crippen LogP contribution in [-0.4, -0.2) is 37.2 Å². The summed E-state index contributed by atoms with van der Waals surface area (Å²) in [6, 6.07) is 0. The zero-order chi connectivity index (χ0) is 46.5. The molecule has 0 radical (unpaired) electrons. The van der Waals surface area contributed by atoms with Gasteiger partial charge < -0.3 is 14.2 Å². The lowest BCUT2D eigenvalue weighted by Crippen LogP contribution is -2.30. The lowest BCUT2D eigenvalue weighted by Gasteiger charge is -2.18. The third-order valence-corrected chi connectivity index (χ3v) is 10.8. The first-order valence-corrected chi connectivity index (χ1v) is 26.2. The number of hydrogen-bond acceptors (Lipinski definition) is 6. The van der Waals surface area contributed by atoms with Gasteiger partial charge in [-0.1, -0.05) is 214 Å². The summed E-state index contributed by atoms with van der Waals surface area (Å²) < 4.78 is 16.7. The van der Waals surface area contributed by atoms with Gasteiger partial charge in [0.15, 0.2) is 6.10 Å². The maximum Gasteiger partial charge on any atom is 0.306 e. The van der Waals surface area contributed by atoms with Crippen LogP contribution in [0.3, 0.4) is 0 Å². The van der Waals surface area contributed by atoms with Gasteiger partial charge in [0, 0.05) is 19.3 Å². The summed E-state index contributed by atoms with van der Waals surface area (Å²) in [6.45, 7) is 6.31. The van der Waals surface area contributed by atoms with Crippen molar-refractivity contribution in [3.05, 3.63) is 97.2 Å². The van der Waals surface area contributed by atoms with E-state index >= 15 is 0 Å². The van der Waals surface area contributed by atoms with Crippen LogP contribution in [0.4, 0.5) is 0 Å². The molecule has 0 rings (SSSR count). The molecule has 6 nitrogen and oxygen atoms in total. The van der Waals surface area contributed by atoms with E-state index < -0.39 is 6.10 Å². The maximum absolute atomic E-state index is 12.7. The Kier molecular flexibility index (Phi) is 49.0. The quantitative estimate of drug-likeness (QED) is 0.0262. The van der Waals surface area contributed by atoms with E-state index in [1.54, 1.807) is 0 Å². The largest absolute Gasteiger partial charge is 0.462 e. The number of hydrogen-bond donors (Lipinski definition) is 0. The fourth-order valence-corrected chi connectivity index (χ4v) is 6.95. The van der Waals surface area contributed by atoms with Gasteiger partial charge in [-0.05, 0) is 96.3 Å². The van der Waals surface area contributed by atoms with Gasteiger partial charge in [-0.15, -0.1) is 0 Å². The highest BCUT2D eigenvalue weighted by Gasteiger charge is 2.19. The van der Waals surface area contributed by atoms with E-state index in [1.807, 2.05) is 0 Å². The zero-order valence-electron chi connectivity index (χ0n) is 41.5. The summed E-state index contributed by atoms with van der Waals surface area (Å²) in [7, 11) is 0. The molecule has 0 saturated heterocycles. The van der Waals surface area contributed by atoms with E-state index in [0.717, 1.165) is 116 Å². The van der Waals surface area contributed by atoms with Gasteiger partial charge in [-0.3, -0.25) is 14.4 Å². The summed E-state index contributed by atoms with van der Waals surface area (Å²) in [5.74, 6) is -0.937. The van der Waals surface area contributed by atoms with Gasteiger partial charge in [0.05, 0.1) is 0 Å². The lowest BCUT2D eigenvalue weighted by atomic mass is 10.0. The minimum absolute atomic E-state index is 0.0904. The Morgan fingerprint density at radius 1 is 0.328 bits per heavy atom. The second kappa shape index (κ2) is 52.0. The van der Waals surface area contributed by atoms with E-state index in [0.29, 0.717) is 19.3 Å². The van der Waals surface area contributed by atoms with Gasteiger partial charge in [0.25, 0.3) is 0 Å². The number of carbonyl (C=O) groups is 3. The van der Waals surface area contributed by atoms with Gasteiger partial charge in [-0.25, -0.2) is 0 Å². The molecule has 0 amide bonds. The van der Waals surface area contributed by atoms with Crippen molar-refractivity contribution in [3.8, 4) is 0 Å². The van der Waals surface area contributed by atoms with Crippen LogP contribution in [0.25, 0.3) is 0 Å². The fraction of sp³-hybridized carbons (Fsp3) is 0.672. The predicted octanol–water partition coefficient (Wildman–Crippen LogP) is 17.4. The average Bonchev–Trinajstić information content (AvgIpc) is 3.29. The molecule has 0 N–H and O–H groups in total. The topological polar surface area (TPSA) is 78.9 Å². The Morgan fingerprint density at radius 3 is 0.969 bits per heavy atom. The molecule has 0 aliphatic rings. The molecule has 1 atom stereocenters. The SMILES string of the molecule is CC/C=C\C/C=C\C/C=C\C/C=C\C/C=C\CCCCCCCCCCCCCC(=O)OCC(COC(=O)CCCCCCCC)OC(=O)CCCCC/C=C\C/C=C\C/C=C\CC. The molecule has 0 fully saturated rings. The van der Waals surface area contributed by atoms with E-state index in [4.69, 9.17) is 14.2 Å². The number of unbranched alkanes of at least 4 members (excludes halogenated alkanes) is 19. The molecule has 0 heterocycles. The van der Waals surface area contributed by atoms with Gasteiger partial charge in [0.2, 0.25) is 0 Å². The Labute approximate surface area is 394 Å².